The van der Waals surface area contributed by atoms with Crippen molar-refractivity contribution in [1.82, 2.24) is 4.57 Å². The van der Waals surface area contributed by atoms with Crippen molar-refractivity contribution in [3.8, 4) is 0 Å². The fraction of sp³-hybridized carbons (Fsp3) is 0.308. The number of fused-ring (bicyclic) bond motifs is 1. The summed E-state index contributed by atoms with van der Waals surface area (Å²) in [5, 5.41) is 20.8. The average molecular weight is 312 g/mol. The first kappa shape index (κ1) is 15.3. The number of carbonyl (C=O) groups is 1. The van der Waals surface area contributed by atoms with E-state index in [0.717, 1.165) is 5.69 Å². The van der Waals surface area contributed by atoms with E-state index < -0.39 is 16.9 Å². The molecular formula is C13H14ClN3O4. The minimum Gasteiger partial charge on any atom is -0.480 e. The third-order valence-corrected chi connectivity index (χ3v) is 3.82. The van der Waals surface area contributed by atoms with Gasteiger partial charge in [-0.05, 0) is 18.6 Å². The van der Waals surface area contributed by atoms with Crippen LogP contribution < -0.4 is 5.73 Å². The van der Waals surface area contributed by atoms with Crippen molar-refractivity contribution in [2.45, 2.75) is 19.4 Å². The maximum absolute atomic E-state index is 11.2. The van der Waals surface area contributed by atoms with E-state index in [4.69, 9.17) is 22.4 Å². The van der Waals surface area contributed by atoms with Crippen LogP contribution in [0.2, 0.25) is 5.02 Å². The van der Waals surface area contributed by atoms with Crippen LogP contribution in [-0.2, 0) is 18.3 Å². The first-order valence-electron chi connectivity index (χ1n) is 6.14. The number of hydrogen-bond acceptors (Lipinski definition) is 4. The minimum absolute atomic E-state index is 0.0149. The van der Waals surface area contributed by atoms with Gasteiger partial charge in [0.15, 0.2) is 0 Å². The van der Waals surface area contributed by atoms with Crippen molar-refractivity contribution < 1.29 is 14.8 Å². The number of benzene rings is 1. The highest BCUT2D eigenvalue weighted by Crippen LogP contribution is 2.36. The summed E-state index contributed by atoms with van der Waals surface area (Å²) in [7, 11) is 1.74. The van der Waals surface area contributed by atoms with Gasteiger partial charge in [0.05, 0.1) is 15.8 Å². The maximum Gasteiger partial charge on any atom is 0.320 e. The second-order valence-corrected chi connectivity index (χ2v) is 5.28. The van der Waals surface area contributed by atoms with Crippen molar-refractivity contribution >= 4 is 34.2 Å². The molecule has 1 unspecified atom stereocenters. The zero-order valence-electron chi connectivity index (χ0n) is 11.5. The molecule has 112 valence electrons. The van der Waals surface area contributed by atoms with Crippen molar-refractivity contribution in [1.29, 1.82) is 0 Å². The highest BCUT2D eigenvalue weighted by atomic mass is 35.5. The van der Waals surface area contributed by atoms with E-state index in [9.17, 15) is 14.9 Å². The number of aromatic nitrogens is 1. The normalized spacial score (nSPS) is 12.6. The molecule has 0 bridgehead atoms. The van der Waals surface area contributed by atoms with Crippen molar-refractivity contribution in [2.24, 2.45) is 12.8 Å². The molecule has 1 heterocycles. The molecular weight excluding hydrogens is 298 g/mol. The summed E-state index contributed by atoms with van der Waals surface area (Å²) >= 11 is 5.92. The Labute approximate surface area is 125 Å². The van der Waals surface area contributed by atoms with E-state index in [-0.39, 0.29) is 17.1 Å². The van der Waals surface area contributed by atoms with Gasteiger partial charge in [-0.15, -0.1) is 0 Å². The van der Waals surface area contributed by atoms with Gasteiger partial charge in [0.1, 0.15) is 6.04 Å². The molecule has 0 amide bonds. The van der Waals surface area contributed by atoms with E-state index in [0.29, 0.717) is 16.5 Å². The number of aryl methyl sites for hydroxylation is 1. The predicted octanol–water partition coefficient (Wildman–Crippen LogP) is 2.00. The van der Waals surface area contributed by atoms with Gasteiger partial charge in [0.25, 0.3) is 5.69 Å². The summed E-state index contributed by atoms with van der Waals surface area (Å²) in [5.74, 6) is -1.15. The number of aliphatic carboxylic acids is 1. The number of non-ortho nitro benzene ring substituents is 1. The summed E-state index contributed by atoms with van der Waals surface area (Å²) in [4.78, 5) is 21.7. The number of hydrogen-bond donors (Lipinski definition) is 2. The maximum atomic E-state index is 11.2. The van der Waals surface area contributed by atoms with Crippen molar-refractivity contribution in [2.75, 3.05) is 0 Å². The molecule has 0 saturated heterocycles. The second kappa shape index (κ2) is 5.34. The molecule has 0 saturated carbocycles. The van der Waals surface area contributed by atoms with Crippen molar-refractivity contribution in [3.05, 3.63) is 38.5 Å². The number of nitro groups is 1. The largest absolute Gasteiger partial charge is 0.480 e. The highest BCUT2D eigenvalue weighted by molar-refractivity contribution is 6.31. The number of rotatable bonds is 4. The molecule has 2 rings (SSSR count). The summed E-state index contributed by atoms with van der Waals surface area (Å²) in [6.07, 6.45) is 0.0149. The van der Waals surface area contributed by atoms with Gasteiger partial charge < -0.3 is 15.4 Å². The Morgan fingerprint density at radius 3 is 2.71 bits per heavy atom. The van der Waals surface area contributed by atoms with Crippen LogP contribution in [0.15, 0.2) is 12.1 Å². The van der Waals surface area contributed by atoms with Gasteiger partial charge in [-0.1, -0.05) is 11.6 Å². The predicted molar refractivity (Wildman–Crippen MR) is 78.6 cm³/mol. The Bertz CT molecular complexity index is 754. The Morgan fingerprint density at radius 2 is 2.19 bits per heavy atom. The third-order valence-electron chi connectivity index (χ3n) is 3.60. The molecule has 1 aromatic carbocycles. The standard InChI is InChI=1S/C13H14ClN3O4/c1-6-8(5-9(15)13(18)19)12-10(16(6)2)3-7(14)4-11(12)17(20)21/h3-4,9H,5,15H2,1-2H3,(H,18,19). The van der Waals surface area contributed by atoms with Crippen LogP contribution in [-0.4, -0.2) is 26.6 Å². The van der Waals surface area contributed by atoms with Gasteiger partial charge in [-0.2, -0.15) is 0 Å². The van der Waals surface area contributed by atoms with Gasteiger partial charge >= 0.3 is 5.97 Å². The molecule has 7 nitrogen and oxygen atoms in total. The number of carboxylic acids is 1. The summed E-state index contributed by atoms with van der Waals surface area (Å²) in [6, 6.07) is 1.76. The Hall–Kier alpha value is -2.12. The van der Waals surface area contributed by atoms with E-state index in [1.807, 2.05) is 0 Å². The van der Waals surface area contributed by atoms with E-state index in [1.54, 1.807) is 24.6 Å². The number of halogens is 1. The SMILES string of the molecule is Cc1c(CC(N)C(=O)O)c2c([N+](=O)[O-])cc(Cl)cc2n1C. The zero-order valence-corrected chi connectivity index (χ0v) is 12.2. The van der Waals surface area contributed by atoms with Gasteiger partial charge in [-0.25, -0.2) is 0 Å². The van der Waals surface area contributed by atoms with Crippen LogP contribution in [0.4, 0.5) is 5.69 Å². The number of nitro benzene ring substituents is 1. The quantitative estimate of drug-likeness (QED) is 0.662. The molecule has 0 fully saturated rings. The minimum atomic E-state index is -1.15. The lowest BCUT2D eigenvalue weighted by Crippen LogP contribution is -2.32. The molecule has 1 aromatic heterocycles. The molecule has 1 atom stereocenters. The van der Waals surface area contributed by atoms with Crippen LogP contribution in [0.5, 0.6) is 0 Å². The fourth-order valence-electron chi connectivity index (χ4n) is 2.42. The van der Waals surface area contributed by atoms with E-state index in [1.165, 1.54) is 6.07 Å². The number of nitrogens with zero attached hydrogens (tertiary/aromatic N) is 2. The lowest BCUT2D eigenvalue weighted by molar-refractivity contribution is -0.383. The molecule has 0 aliphatic rings. The molecule has 8 heteroatoms. The Morgan fingerprint density at radius 1 is 1.57 bits per heavy atom. The first-order valence-corrected chi connectivity index (χ1v) is 6.52. The van der Waals surface area contributed by atoms with Crippen molar-refractivity contribution in [3.63, 3.8) is 0 Å². The summed E-state index contributed by atoms with van der Waals surface area (Å²) in [6.45, 7) is 1.77. The van der Waals surface area contributed by atoms with Gasteiger partial charge in [0.2, 0.25) is 0 Å². The molecule has 0 radical (unpaired) electrons. The van der Waals surface area contributed by atoms with Crippen LogP contribution >= 0.6 is 11.6 Å². The number of nitrogens with two attached hydrogens (primary N) is 1. The monoisotopic (exact) mass is 311 g/mol. The molecule has 0 aliphatic carbocycles. The second-order valence-electron chi connectivity index (χ2n) is 4.85. The zero-order chi connectivity index (χ0) is 15.9. The summed E-state index contributed by atoms with van der Waals surface area (Å²) < 4.78 is 1.75. The molecule has 21 heavy (non-hydrogen) atoms. The average Bonchev–Trinajstić information content (AvgIpc) is 2.63. The topological polar surface area (TPSA) is 111 Å². The van der Waals surface area contributed by atoms with Gasteiger partial charge in [0, 0.05) is 30.3 Å². The fourth-order valence-corrected chi connectivity index (χ4v) is 2.62. The van der Waals surface area contributed by atoms with E-state index in [2.05, 4.69) is 0 Å². The summed E-state index contributed by atoms with van der Waals surface area (Å²) in [5.41, 5.74) is 7.30. The molecule has 0 spiro atoms. The molecule has 0 aliphatic heterocycles. The Kier molecular flexibility index (Phi) is 3.89. The third kappa shape index (κ3) is 2.57. The van der Waals surface area contributed by atoms with Crippen LogP contribution in [0.1, 0.15) is 11.3 Å². The number of carboxylic acid groups (broad SMARTS) is 1. The highest BCUT2D eigenvalue weighted by Gasteiger charge is 2.25. The van der Waals surface area contributed by atoms with Crippen LogP contribution in [0.25, 0.3) is 10.9 Å². The smallest absolute Gasteiger partial charge is 0.320 e. The van der Waals surface area contributed by atoms with Crippen LogP contribution in [0.3, 0.4) is 0 Å². The molecule has 2 aromatic rings. The lowest BCUT2D eigenvalue weighted by atomic mass is 10.0. The molecule has 3 N–H and O–H groups in total. The first-order chi connectivity index (χ1) is 9.73. The Balaban J connectivity index is 2.78. The van der Waals surface area contributed by atoms with E-state index >= 15 is 0 Å². The van der Waals surface area contributed by atoms with Gasteiger partial charge in [-0.3, -0.25) is 14.9 Å². The lowest BCUT2D eigenvalue weighted by Gasteiger charge is -2.07. The van der Waals surface area contributed by atoms with Crippen LogP contribution in [0, 0.1) is 17.0 Å².